The van der Waals surface area contributed by atoms with Crippen molar-refractivity contribution in [2.75, 3.05) is 6.26 Å². The van der Waals surface area contributed by atoms with E-state index in [9.17, 15) is 4.79 Å². The van der Waals surface area contributed by atoms with Crippen molar-refractivity contribution in [1.82, 2.24) is 4.98 Å². The number of carbonyl (C=O) groups is 1. The van der Waals surface area contributed by atoms with Gasteiger partial charge in [-0.25, -0.2) is 0 Å². The first-order valence-corrected chi connectivity index (χ1v) is 6.33. The molecule has 2 N–H and O–H groups in total. The number of nitrogens with zero attached hydrogens (tertiary/aromatic N) is 1. The number of aromatic nitrogens is 1. The van der Waals surface area contributed by atoms with Gasteiger partial charge in [-0.05, 0) is 47.7 Å². The lowest BCUT2D eigenvalue weighted by Crippen LogP contribution is -2.10. The van der Waals surface area contributed by atoms with Gasteiger partial charge in [0.05, 0.1) is 0 Å². The predicted octanol–water partition coefficient (Wildman–Crippen LogP) is 2.57. The van der Waals surface area contributed by atoms with Crippen LogP contribution < -0.4 is 5.73 Å². The fourth-order valence-corrected chi connectivity index (χ4v) is 2.22. The van der Waals surface area contributed by atoms with Gasteiger partial charge in [-0.2, -0.15) is 0 Å². The Morgan fingerprint density at radius 3 is 2.53 bits per heavy atom. The first kappa shape index (κ1) is 11.7. The van der Waals surface area contributed by atoms with Crippen LogP contribution in [0.15, 0.2) is 47.6 Å². The van der Waals surface area contributed by atoms with Crippen molar-refractivity contribution in [3.63, 3.8) is 0 Å². The largest absolute Gasteiger partial charge is 0.366 e. The van der Waals surface area contributed by atoms with Crippen LogP contribution >= 0.6 is 11.8 Å². The smallest absolute Gasteiger partial charge is 0.248 e. The molecule has 3 nitrogen and oxygen atoms in total. The Morgan fingerprint density at radius 2 is 1.94 bits per heavy atom. The van der Waals surface area contributed by atoms with E-state index in [4.69, 9.17) is 5.73 Å². The van der Waals surface area contributed by atoms with Crippen LogP contribution in [0.5, 0.6) is 0 Å². The van der Waals surface area contributed by atoms with E-state index in [1.807, 2.05) is 30.5 Å². The second-order valence-corrected chi connectivity index (χ2v) is 4.36. The summed E-state index contributed by atoms with van der Waals surface area (Å²) in [6.45, 7) is 0. The number of rotatable bonds is 3. The van der Waals surface area contributed by atoms with Crippen LogP contribution in [0.25, 0.3) is 11.1 Å². The van der Waals surface area contributed by atoms with Gasteiger partial charge in [0.1, 0.15) is 0 Å². The molecule has 0 saturated heterocycles. The number of pyridine rings is 1. The number of carbonyl (C=O) groups excluding carboxylic acids is 1. The number of amides is 1. The molecule has 0 spiro atoms. The normalized spacial score (nSPS) is 10.2. The van der Waals surface area contributed by atoms with Crippen LogP contribution in [0.1, 0.15) is 10.4 Å². The summed E-state index contributed by atoms with van der Waals surface area (Å²) in [5.41, 5.74) is 7.86. The Balaban J connectivity index is 2.58. The number of hydrogen-bond donors (Lipinski definition) is 1. The molecule has 0 radical (unpaired) electrons. The fraction of sp³-hybridized carbons (Fsp3) is 0.0769. The standard InChI is InChI=1S/C13H12N2OS/c1-17-12-3-2-10(13(14)16)8-11(12)9-4-6-15-7-5-9/h2-8H,1H3,(H2,14,16). The van der Waals surface area contributed by atoms with Crippen LogP contribution in [0, 0.1) is 0 Å². The van der Waals surface area contributed by atoms with Gasteiger partial charge in [-0.15, -0.1) is 11.8 Å². The molecule has 0 saturated carbocycles. The third-order valence-corrected chi connectivity index (χ3v) is 3.27. The second kappa shape index (κ2) is 5.01. The Bertz CT molecular complexity index is 540. The van der Waals surface area contributed by atoms with Crippen molar-refractivity contribution in [3.05, 3.63) is 48.3 Å². The molecule has 0 fully saturated rings. The van der Waals surface area contributed by atoms with Crippen molar-refractivity contribution >= 4 is 17.7 Å². The van der Waals surface area contributed by atoms with Crippen LogP contribution in [-0.2, 0) is 0 Å². The van der Waals surface area contributed by atoms with Gasteiger partial charge in [0.2, 0.25) is 5.91 Å². The summed E-state index contributed by atoms with van der Waals surface area (Å²) < 4.78 is 0. The number of primary amides is 1. The highest BCUT2D eigenvalue weighted by atomic mass is 32.2. The van der Waals surface area contributed by atoms with Gasteiger partial charge in [0.25, 0.3) is 0 Å². The lowest BCUT2D eigenvalue weighted by molar-refractivity contribution is 0.100. The van der Waals surface area contributed by atoms with Crippen LogP contribution in [0.4, 0.5) is 0 Å². The molecule has 17 heavy (non-hydrogen) atoms. The maximum atomic E-state index is 11.2. The molecule has 0 unspecified atom stereocenters. The van der Waals surface area contributed by atoms with Gasteiger partial charge in [-0.3, -0.25) is 9.78 Å². The third kappa shape index (κ3) is 2.47. The molecule has 1 amide bonds. The van der Waals surface area contributed by atoms with Crippen molar-refractivity contribution in [2.45, 2.75) is 4.90 Å². The van der Waals surface area contributed by atoms with E-state index in [1.54, 1.807) is 30.2 Å². The van der Waals surface area contributed by atoms with E-state index in [-0.39, 0.29) is 0 Å². The van der Waals surface area contributed by atoms with E-state index >= 15 is 0 Å². The lowest BCUT2D eigenvalue weighted by Gasteiger charge is -2.08. The fourth-order valence-electron chi connectivity index (χ4n) is 1.62. The van der Waals surface area contributed by atoms with Crippen LogP contribution in [-0.4, -0.2) is 17.1 Å². The predicted molar refractivity (Wildman–Crippen MR) is 70.0 cm³/mol. The summed E-state index contributed by atoms with van der Waals surface area (Å²) in [5, 5.41) is 0. The average Bonchev–Trinajstić information content (AvgIpc) is 2.39. The highest BCUT2D eigenvalue weighted by Gasteiger charge is 2.08. The molecule has 4 heteroatoms. The Hall–Kier alpha value is -1.81. The summed E-state index contributed by atoms with van der Waals surface area (Å²) in [6.07, 6.45) is 5.47. The molecular weight excluding hydrogens is 232 g/mol. The molecule has 2 aromatic rings. The molecule has 0 aliphatic rings. The van der Waals surface area contributed by atoms with E-state index in [0.717, 1.165) is 16.0 Å². The summed E-state index contributed by atoms with van der Waals surface area (Å²) in [7, 11) is 0. The molecule has 86 valence electrons. The molecule has 1 aromatic carbocycles. The highest BCUT2D eigenvalue weighted by Crippen LogP contribution is 2.30. The van der Waals surface area contributed by atoms with Gasteiger partial charge >= 0.3 is 0 Å². The zero-order valence-electron chi connectivity index (χ0n) is 9.38. The van der Waals surface area contributed by atoms with E-state index in [2.05, 4.69) is 4.98 Å². The minimum atomic E-state index is -0.409. The minimum absolute atomic E-state index is 0.409. The first-order chi connectivity index (χ1) is 8.22. The number of hydrogen-bond acceptors (Lipinski definition) is 3. The minimum Gasteiger partial charge on any atom is -0.366 e. The number of thioether (sulfide) groups is 1. The molecule has 1 heterocycles. The van der Waals surface area contributed by atoms with E-state index in [1.165, 1.54) is 0 Å². The summed E-state index contributed by atoms with van der Waals surface area (Å²) >= 11 is 1.64. The molecule has 2 rings (SSSR count). The monoisotopic (exact) mass is 244 g/mol. The van der Waals surface area contributed by atoms with E-state index < -0.39 is 5.91 Å². The summed E-state index contributed by atoms with van der Waals surface area (Å²) in [4.78, 5) is 16.3. The van der Waals surface area contributed by atoms with Crippen molar-refractivity contribution < 1.29 is 4.79 Å². The maximum absolute atomic E-state index is 11.2. The highest BCUT2D eigenvalue weighted by molar-refractivity contribution is 7.98. The maximum Gasteiger partial charge on any atom is 0.248 e. The first-order valence-electron chi connectivity index (χ1n) is 5.10. The van der Waals surface area contributed by atoms with Gasteiger partial charge in [0, 0.05) is 22.9 Å². The number of benzene rings is 1. The quantitative estimate of drug-likeness (QED) is 0.844. The lowest BCUT2D eigenvalue weighted by atomic mass is 10.0. The van der Waals surface area contributed by atoms with Crippen LogP contribution in [0.3, 0.4) is 0 Å². The SMILES string of the molecule is CSc1ccc(C(N)=O)cc1-c1ccncc1. The van der Waals surface area contributed by atoms with E-state index in [0.29, 0.717) is 5.56 Å². The third-order valence-electron chi connectivity index (χ3n) is 2.48. The Kier molecular flexibility index (Phi) is 3.44. The zero-order chi connectivity index (χ0) is 12.3. The molecule has 0 aliphatic carbocycles. The van der Waals surface area contributed by atoms with Crippen LogP contribution in [0.2, 0.25) is 0 Å². The average molecular weight is 244 g/mol. The van der Waals surface area contributed by atoms with Gasteiger partial charge < -0.3 is 5.73 Å². The molecule has 1 aromatic heterocycles. The van der Waals surface area contributed by atoms with Crippen molar-refractivity contribution in [2.24, 2.45) is 5.73 Å². The second-order valence-electron chi connectivity index (χ2n) is 3.52. The molecular formula is C13H12N2OS. The summed E-state index contributed by atoms with van der Waals surface area (Å²) in [6, 6.07) is 9.32. The number of nitrogens with two attached hydrogens (primary N) is 1. The van der Waals surface area contributed by atoms with Gasteiger partial charge in [0.15, 0.2) is 0 Å². The molecule has 0 atom stereocenters. The topological polar surface area (TPSA) is 56.0 Å². The summed E-state index contributed by atoms with van der Waals surface area (Å²) in [5.74, 6) is -0.409. The Morgan fingerprint density at radius 1 is 1.24 bits per heavy atom. The van der Waals surface area contributed by atoms with Crippen molar-refractivity contribution in [1.29, 1.82) is 0 Å². The van der Waals surface area contributed by atoms with Gasteiger partial charge in [-0.1, -0.05) is 0 Å². The Labute approximate surface area is 104 Å². The molecule has 0 aliphatic heterocycles. The van der Waals surface area contributed by atoms with Crippen molar-refractivity contribution in [3.8, 4) is 11.1 Å². The zero-order valence-corrected chi connectivity index (χ0v) is 10.2. The molecule has 0 bridgehead atoms.